The number of aliphatic hydroxyl groups excluding tert-OH is 2. The van der Waals surface area contributed by atoms with Crippen LogP contribution in [-0.2, 0) is 0 Å². The van der Waals surface area contributed by atoms with Gasteiger partial charge in [-0.05, 0) is 51.2 Å². The molecule has 0 saturated carbocycles. The Hall–Kier alpha value is -0.760. The lowest BCUT2D eigenvalue weighted by Gasteiger charge is -2.10. The number of hydrogen-bond acceptors (Lipinski definition) is 2. The zero-order valence-corrected chi connectivity index (χ0v) is 17.1. The summed E-state index contributed by atoms with van der Waals surface area (Å²) in [5, 5.41) is 18.5. The zero-order chi connectivity index (χ0) is 18.6. The maximum atomic E-state index is 9.61. The van der Waals surface area contributed by atoms with Crippen molar-refractivity contribution in [3.8, 4) is 0 Å². The van der Waals surface area contributed by atoms with Gasteiger partial charge in [0.05, 0.1) is 11.9 Å². The lowest BCUT2D eigenvalue weighted by molar-refractivity contribution is 0.196. The third-order valence-corrected chi connectivity index (χ3v) is 4.13. The lowest BCUT2D eigenvalue weighted by atomic mass is 10.0. The summed E-state index contributed by atoms with van der Waals surface area (Å²) in [6.07, 6.45) is 18.3. The first-order valence-electron chi connectivity index (χ1n) is 10.2. The first kappa shape index (κ1) is 25.5. The molecule has 0 bridgehead atoms. The molecule has 144 valence electrons. The van der Waals surface area contributed by atoms with Gasteiger partial charge in [0.2, 0.25) is 0 Å². The van der Waals surface area contributed by atoms with E-state index in [0.717, 1.165) is 31.3 Å². The second-order valence-corrected chi connectivity index (χ2v) is 6.77. The minimum atomic E-state index is -0.198. The quantitative estimate of drug-likeness (QED) is 0.207. The van der Waals surface area contributed by atoms with Crippen molar-refractivity contribution in [1.29, 1.82) is 0 Å². The largest absolute Gasteiger partial charge is 0.513 e. The Morgan fingerprint density at radius 1 is 0.792 bits per heavy atom. The Morgan fingerprint density at radius 3 is 1.88 bits per heavy atom. The molecule has 0 spiro atoms. The summed E-state index contributed by atoms with van der Waals surface area (Å²) in [6.45, 7) is 10.3. The van der Waals surface area contributed by atoms with Crippen LogP contribution >= 0.6 is 0 Å². The van der Waals surface area contributed by atoms with Gasteiger partial charge in [-0.3, -0.25) is 0 Å². The van der Waals surface area contributed by atoms with E-state index in [-0.39, 0.29) is 6.10 Å². The molecule has 0 aliphatic carbocycles. The van der Waals surface area contributed by atoms with Crippen molar-refractivity contribution in [3.63, 3.8) is 0 Å². The highest BCUT2D eigenvalue weighted by Crippen LogP contribution is 2.11. The second-order valence-electron chi connectivity index (χ2n) is 6.77. The summed E-state index contributed by atoms with van der Waals surface area (Å²) in [6, 6.07) is 0. The van der Waals surface area contributed by atoms with Gasteiger partial charge in [-0.25, -0.2) is 0 Å². The normalized spacial score (nSPS) is 13.4. The van der Waals surface area contributed by atoms with E-state index in [1.165, 1.54) is 51.4 Å². The summed E-state index contributed by atoms with van der Waals surface area (Å²) in [7, 11) is 0. The summed E-state index contributed by atoms with van der Waals surface area (Å²) in [5.41, 5.74) is 1.13. The van der Waals surface area contributed by atoms with Gasteiger partial charge in [-0.15, -0.1) is 0 Å². The molecule has 0 heterocycles. The van der Waals surface area contributed by atoms with Crippen LogP contribution in [0.2, 0.25) is 0 Å². The molecule has 0 aromatic carbocycles. The molecule has 0 fully saturated rings. The van der Waals surface area contributed by atoms with E-state index in [2.05, 4.69) is 26.8 Å². The average molecular weight is 341 g/mol. The molecular formula is C22H44O2. The molecule has 0 amide bonds. The maximum absolute atomic E-state index is 9.61. The second kappa shape index (κ2) is 20.3. The highest BCUT2D eigenvalue weighted by atomic mass is 16.3. The van der Waals surface area contributed by atoms with Gasteiger partial charge < -0.3 is 10.2 Å². The van der Waals surface area contributed by atoms with Crippen LogP contribution in [0.4, 0.5) is 0 Å². The van der Waals surface area contributed by atoms with Crippen LogP contribution < -0.4 is 0 Å². The summed E-state index contributed by atoms with van der Waals surface area (Å²) >= 11 is 0. The maximum Gasteiger partial charge on any atom is 0.0851 e. The van der Waals surface area contributed by atoms with Gasteiger partial charge in [-0.1, -0.05) is 78.2 Å². The molecule has 0 saturated heterocycles. The minimum Gasteiger partial charge on any atom is -0.513 e. The number of allylic oxidation sites excluding steroid dienone is 3. The summed E-state index contributed by atoms with van der Waals surface area (Å²) < 4.78 is 0. The van der Waals surface area contributed by atoms with Crippen molar-refractivity contribution in [2.24, 2.45) is 0 Å². The van der Waals surface area contributed by atoms with E-state index in [9.17, 15) is 5.11 Å². The van der Waals surface area contributed by atoms with Crippen LogP contribution in [0, 0.1) is 0 Å². The van der Waals surface area contributed by atoms with Gasteiger partial charge in [0.25, 0.3) is 0 Å². The standard InChI is InChI=1S/2C11H22O/c1-4-6-7-9-11(12)10(3)8-5-2;1-3-4-5-6-7-8-9-10-11(2)12/h8,11-12H,4-7,9H2,1-3H3;10,12H,3-9H2,1-2H3/b10-8+;. The molecule has 0 radical (unpaired) electrons. The smallest absolute Gasteiger partial charge is 0.0851 e. The predicted molar refractivity (Wildman–Crippen MR) is 109 cm³/mol. The SMILES string of the molecule is CC/C=C(\C)C(O)CCCCC.CCCCCCCCC=C(C)O. The Labute approximate surface area is 152 Å². The number of aliphatic hydroxyl groups is 2. The van der Waals surface area contributed by atoms with Crippen molar-refractivity contribution in [1.82, 2.24) is 0 Å². The van der Waals surface area contributed by atoms with Crippen molar-refractivity contribution in [2.75, 3.05) is 0 Å². The predicted octanol–water partition coefficient (Wildman–Crippen LogP) is 7.48. The topological polar surface area (TPSA) is 40.5 Å². The molecule has 24 heavy (non-hydrogen) atoms. The first-order chi connectivity index (χ1) is 11.5. The number of hydrogen-bond donors (Lipinski definition) is 2. The van der Waals surface area contributed by atoms with Crippen LogP contribution in [-0.4, -0.2) is 16.3 Å². The van der Waals surface area contributed by atoms with E-state index < -0.39 is 0 Å². The number of unbranched alkanes of at least 4 members (excludes halogenated alkanes) is 8. The Bertz CT molecular complexity index is 301. The van der Waals surface area contributed by atoms with Crippen LogP contribution in [0.5, 0.6) is 0 Å². The monoisotopic (exact) mass is 340 g/mol. The lowest BCUT2D eigenvalue weighted by Crippen LogP contribution is -2.07. The summed E-state index contributed by atoms with van der Waals surface area (Å²) in [4.78, 5) is 0. The molecular weight excluding hydrogens is 296 g/mol. The van der Waals surface area contributed by atoms with Gasteiger partial charge in [0.15, 0.2) is 0 Å². The average Bonchev–Trinajstić information content (AvgIpc) is 2.54. The fourth-order valence-corrected chi connectivity index (χ4v) is 2.51. The zero-order valence-electron chi connectivity index (χ0n) is 17.1. The number of rotatable bonds is 13. The van der Waals surface area contributed by atoms with Crippen molar-refractivity contribution < 1.29 is 10.2 Å². The Kier molecular flexibility index (Phi) is 21.5. The molecule has 2 heteroatoms. The van der Waals surface area contributed by atoms with Crippen LogP contribution in [0.25, 0.3) is 0 Å². The van der Waals surface area contributed by atoms with Crippen molar-refractivity contribution >= 4 is 0 Å². The van der Waals surface area contributed by atoms with E-state index in [1.807, 2.05) is 13.0 Å². The molecule has 1 atom stereocenters. The molecule has 0 aromatic rings. The third-order valence-electron chi connectivity index (χ3n) is 4.13. The van der Waals surface area contributed by atoms with E-state index in [0.29, 0.717) is 5.76 Å². The first-order valence-corrected chi connectivity index (χ1v) is 10.2. The fraction of sp³-hybridized carbons (Fsp3) is 0.818. The molecule has 0 aromatic heterocycles. The molecule has 1 unspecified atom stereocenters. The molecule has 0 aliphatic heterocycles. The van der Waals surface area contributed by atoms with Crippen molar-refractivity contribution in [3.05, 3.63) is 23.5 Å². The highest BCUT2D eigenvalue weighted by molar-refractivity contribution is 5.03. The van der Waals surface area contributed by atoms with E-state index in [4.69, 9.17) is 5.11 Å². The summed E-state index contributed by atoms with van der Waals surface area (Å²) in [5.74, 6) is 0.462. The fourth-order valence-electron chi connectivity index (χ4n) is 2.51. The Balaban J connectivity index is 0. The molecule has 0 rings (SSSR count). The minimum absolute atomic E-state index is 0.198. The van der Waals surface area contributed by atoms with E-state index >= 15 is 0 Å². The van der Waals surface area contributed by atoms with Gasteiger partial charge in [-0.2, -0.15) is 0 Å². The third kappa shape index (κ3) is 21.2. The van der Waals surface area contributed by atoms with Crippen molar-refractivity contribution in [2.45, 2.75) is 118 Å². The van der Waals surface area contributed by atoms with Gasteiger partial charge in [0, 0.05) is 0 Å². The molecule has 2 nitrogen and oxygen atoms in total. The highest BCUT2D eigenvalue weighted by Gasteiger charge is 2.04. The molecule has 2 N–H and O–H groups in total. The van der Waals surface area contributed by atoms with Crippen LogP contribution in [0.1, 0.15) is 112 Å². The van der Waals surface area contributed by atoms with Gasteiger partial charge >= 0.3 is 0 Å². The van der Waals surface area contributed by atoms with Crippen LogP contribution in [0.15, 0.2) is 23.5 Å². The molecule has 0 aliphatic rings. The Morgan fingerprint density at radius 2 is 1.33 bits per heavy atom. The van der Waals surface area contributed by atoms with E-state index in [1.54, 1.807) is 6.92 Å². The van der Waals surface area contributed by atoms with Gasteiger partial charge in [0.1, 0.15) is 0 Å². The van der Waals surface area contributed by atoms with Crippen LogP contribution in [0.3, 0.4) is 0 Å².